The van der Waals surface area contributed by atoms with Gasteiger partial charge in [0.05, 0.1) is 6.54 Å². The van der Waals surface area contributed by atoms with Crippen LogP contribution >= 0.6 is 0 Å². The van der Waals surface area contributed by atoms with Crippen LogP contribution in [0.15, 0.2) is 23.1 Å². The zero-order valence-corrected chi connectivity index (χ0v) is 13.4. The van der Waals surface area contributed by atoms with Gasteiger partial charge in [0, 0.05) is 37.4 Å². The highest BCUT2D eigenvalue weighted by Crippen LogP contribution is 2.39. The van der Waals surface area contributed by atoms with Crippen LogP contribution in [0.1, 0.15) is 30.5 Å². The smallest absolute Gasteiger partial charge is 0.230 e. The first-order chi connectivity index (χ1) is 11.8. The molecule has 0 aromatic carbocycles. The molecule has 1 saturated carbocycles. The van der Waals surface area contributed by atoms with Gasteiger partial charge in [0.1, 0.15) is 6.33 Å². The van der Waals surface area contributed by atoms with E-state index in [0.717, 1.165) is 30.4 Å². The monoisotopic (exact) mass is 326 g/mol. The van der Waals surface area contributed by atoms with Crippen molar-refractivity contribution in [2.45, 2.75) is 31.3 Å². The number of aromatic nitrogens is 6. The number of anilines is 1. The molecule has 1 aliphatic heterocycles. The summed E-state index contributed by atoms with van der Waals surface area (Å²) in [7, 11) is 2.09. The fourth-order valence-corrected chi connectivity index (χ4v) is 3.04. The maximum Gasteiger partial charge on any atom is 0.230 e. The van der Waals surface area contributed by atoms with E-state index in [1.165, 1.54) is 12.8 Å². The average Bonchev–Trinajstić information content (AvgIpc) is 3.08. The Balaban J connectivity index is 1.23. The van der Waals surface area contributed by atoms with Crippen molar-refractivity contribution >= 4 is 11.5 Å². The van der Waals surface area contributed by atoms with Crippen molar-refractivity contribution in [2.24, 2.45) is 0 Å². The molecule has 3 aromatic rings. The molecule has 2 aliphatic rings. The van der Waals surface area contributed by atoms with Crippen molar-refractivity contribution in [1.82, 2.24) is 34.7 Å². The van der Waals surface area contributed by atoms with Crippen LogP contribution in [0.2, 0.25) is 0 Å². The second-order valence-electron chi connectivity index (χ2n) is 6.59. The lowest BCUT2D eigenvalue weighted by atomic mass is 10.1. The van der Waals surface area contributed by atoms with Gasteiger partial charge < -0.3 is 9.32 Å². The van der Waals surface area contributed by atoms with Crippen LogP contribution in [0.4, 0.5) is 5.82 Å². The molecule has 0 radical (unpaired) electrons. The average molecular weight is 326 g/mol. The molecule has 24 heavy (non-hydrogen) atoms. The van der Waals surface area contributed by atoms with Crippen molar-refractivity contribution in [3.8, 4) is 0 Å². The number of hydrogen-bond donors (Lipinski definition) is 0. The maximum atomic E-state index is 5.74. The summed E-state index contributed by atoms with van der Waals surface area (Å²) < 4.78 is 7.63. The second-order valence-corrected chi connectivity index (χ2v) is 6.59. The fraction of sp³-hybridized carbons (Fsp3) is 0.533. The Morgan fingerprint density at radius 3 is 2.96 bits per heavy atom. The van der Waals surface area contributed by atoms with Crippen molar-refractivity contribution in [1.29, 1.82) is 0 Å². The minimum absolute atomic E-state index is 0.436. The molecule has 0 atom stereocenters. The van der Waals surface area contributed by atoms with E-state index in [9.17, 15) is 0 Å². The third kappa shape index (κ3) is 2.32. The fourth-order valence-electron chi connectivity index (χ4n) is 3.04. The van der Waals surface area contributed by atoms with Crippen molar-refractivity contribution in [2.75, 3.05) is 25.0 Å². The lowest BCUT2D eigenvalue weighted by Crippen LogP contribution is -2.58. The Morgan fingerprint density at radius 2 is 2.12 bits per heavy atom. The lowest BCUT2D eigenvalue weighted by Gasteiger charge is -2.44. The summed E-state index contributed by atoms with van der Waals surface area (Å²) in [5, 5.41) is 16.4. The van der Waals surface area contributed by atoms with E-state index in [0.29, 0.717) is 24.4 Å². The summed E-state index contributed by atoms with van der Waals surface area (Å²) in [5.74, 6) is 2.89. The van der Waals surface area contributed by atoms with Crippen LogP contribution in [0.25, 0.3) is 5.65 Å². The molecular weight excluding hydrogens is 308 g/mol. The highest BCUT2D eigenvalue weighted by molar-refractivity contribution is 5.64. The highest BCUT2D eigenvalue weighted by Gasteiger charge is 2.34. The predicted molar refractivity (Wildman–Crippen MR) is 84.5 cm³/mol. The molecule has 3 aromatic heterocycles. The summed E-state index contributed by atoms with van der Waals surface area (Å²) in [4.78, 5) is 8.92. The number of rotatable bonds is 5. The lowest BCUT2D eigenvalue weighted by molar-refractivity contribution is 0.179. The second kappa shape index (κ2) is 5.23. The maximum absolute atomic E-state index is 5.74. The van der Waals surface area contributed by atoms with Gasteiger partial charge >= 0.3 is 0 Å². The predicted octanol–water partition coefficient (Wildman–Crippen LogP) is 0.705. The largest absolute Gasteiger partial charge is 0.424 e. The quantitative estimate of drug-likeness (QED) is 0.677. The minimum Gasteiger partial charge on any atom is -0.424 e. The molecular formula is C15H18N8O. The van der Waals surface area contributed by atoms with E-state index in [-0.39, 0.29) is 0 Å². The highest BCUT2D eigenvalue weighted by atomic mass is 16.4. The van der Waals surface area contributed by atoms with Crippen LogP contribution in [0.5, 0.6) is 0 Å². The Hall–Kier alpha value is -2.55. The van der Waals surface area contributed by atoms with Gasteiger partial charge in [-0.15, -0.1) is 20.4 Å². The first kappa shape index (κ1) is 13.8. The topological polar surface area (TPSA) is 88.5 Å². The van der Waals surface area contributed by atoms with Gasteiger partial charge in [0.2, 0.25) is 17.4 Å². The first-order valence-corrected chi connectivity index (χ1v) is 8.20. The van der Waals surface area contributed by atoms with E-state index >= 15 is 0 Å². The summed E-state index contributed by atoms with van der Waals surface area (Å²) in [6.45, 7) is 2.49. The summed E-state index contributed by atoms with van der Waals surface area (Å²) in [6, 6.07) is 0.436. The standard InChI is InChI=1S/C15H18N8O/c1-21(8-12-18-20-15(24-12)10-2-3-10)11-6-23(7-11)13-14-19-17-9-22(14)5-4-16-13/h4-5,9-11H,2-3,6-8H2,1H3. The molecule has 2 fully saturated rings. The Bertz CT molecular complexity index is 863. The molecule has 9 nitrogen and oxygen atoms in total. The molecule has 124 valence electrons. The summed E-state index contributed by atoms with van der Waals surface area (Å²) in [6.07, 6.45) is 7.68. The van der Waals surface area contributed by atoms with E-state index in [4.69, 9.17) is 4.42 Å². The molecule has 1 saturated heterocycles. The Morgan fingerprint density at radius 1 is 1.25 bits per heavy atom. The zero-order chi connectivity index (χ0) is 16.1. The zero-order valence-electron chi connectivity index (χ0n) is 13.4. The third-order valence-corrected chi connectivity index (χ3v) is 4.78. The normalized spacial score (nSPS) is 18.5. The Labute approximate surface area is 138 Å². The van der Waals surface area contributed by atoms with Gasteiger partial charge in [0.25, 0.3) is 0 Å². The molecule has 0 N–H and O–H groups in total. The minimum atomic E-state index is 0.436. The summed E-state index contributed by atoms with van der Waals surface area (Å²) in [5.41, 5.74) is 0.796. The van der Waals surface area contributed by atoms with Crippen LogP contribution < -0.4 is 4.90 Å². The van der Waals surface area contributed by atoms with E-state index in [1.54, 1.807) is 12.5 Å². The van der Waals surface area contributed by atoms with Gasteiger partial charge in [-0.05, 0) is 19.9 Å². The molecule has 0 spiro atoms. The van der Waals surface area contributed by atoms with Gasteiger partial charge in [-0.1, -0.05) is 0 Å². The van der Waals surface area contributed by atoms with E-state index in [1.807, 2.05) is 10.6 Å². The van der Waals surface area contributed by atoms with Crippen LogP contribution in [-0.2, 0) is 6.54 Å². The van der Waals surface area contributed by atoms with Gasteiger partial charge in [-0.3, -0.25) is 9.30 Å². The van der Waals surface area contributed by atoms with Crippen molar-refractivity contribution < 1.29 is 4.42 Å². The molecule has 4 heterocycles. The molecule has 1 aliphatic carbocycles. The van der Waals surface area contributed by atoms with Crippen molar-refractivity contribution in [3.63, 3.8) is 0 Å². The van der Waals surface area contributed by atoms with Gasteiger partial charge in [-0.2, -0.15) is 0 Å². The number of likely N-dealkylation sites (N-methyl/N-ethyl adjacent to an activating group) is 1. The number of fused-ring (bicyclic) bond motifs is 1. The van der Waals surface area contributed by atoms with Gasteiger partial charge in [0.15, 0.2) is 5.82 Å². The van der Waals surface area contributed by atoms with Crippen molar-refractivity contribution in [3.05, 3.63) is 30.5 Å². The van der Waals surface area contributed by atoms with Gasteiger partial charge in [-0.25, -0.2) is 4.98 Å². The summed E-state index contributed by atoms with van der Waals surface area (Å²) >= 11 is 0. The molecule has 0 unspecified atom stereocenters. The van der Waals surface area contributed by atoms with Crippen LogP contribution in [-0.4, -0.2) is 60.9 Å². The Kier molecular flexibility index (Phi) is 3.02. The first-order valence-electron chi connectivity index (χ1n) is 8.20. The molecule has 5 rings (SSSR count). The van der Waals surface area contributed by atoms with Crippen LogP contribution in [0.3, 0.4) is 0 Å². The third-order valence-electron chi connectivity index (χ3n) is 4.78. The number of nitrogens with zero attached hydrogens (tertiary/aromatic N) is 8. The molecule has 0 amide bonds. The number of hydrogen-bond acceptors (Lipinski definition) is 8. The van der Waals surface area contributed by atoms with E-state index < -0.39 is 0 Å². The van der Waals surface area contributed by atoms with E-state index in [2.05, 4.69) is 42.2 Å². The SMILES string of the molecule is CN(Cc1nnc(C2CC2)o1)C1CN(c2nccn3cnnc23)C1. The molecule has 9 heteroatoms. The molecule has 0 bridgehead atoms. The van der Waals surface area contributed by atoms with Crippen LogP contribution in [0, 0.1) is 0 Å².